The van der Waals surface area contributed by atoms with Gasteiger partial charge in [0.05, 0.1) is 13.0 Å². The van der Waals surface area contributed by atoms with E-state index in [4.69, 9.17) is 4.74 Å². The first-order valence-electron chi connectivity index (χ1n) is 5.33. The van der Waals surface area contributed by atoms with E-state index in [2.05, 4.69) is 6.92 Å². The summed E-state index contributed by atoms with van der Waals surface area (Å²) in [5.74, 6) is 0.288. The lowest BCUT2D eigenvalue weighted by molar-refractivity contribution is -0.132. The molecule has 1 saturated carbocycles. The van der Waals surface area contributed by atoms with Gasteiger partial charge in [-0.05, 0) is 12.3 Å². The maximum atomic E-state index is 11.1. The average Bonchev–Trinajstić information content (AvgIpc) is 2.11. The van der Waals surface area contributed by atoms with Gasteiger partial charge in [-0.2, -0.15) is 0 Å². The topological polar surface area (TPSA) is 43.4 Å². The van der Waals surface area contributed by atoms with Crippen LogP contribution in [0.1, 0.15) is 39.0 Å². The van der Waals surface area contributed by atoms with E-state index in [1.807, 2.05) is 0 Å². The zero-order chi connectivity index (χ0) is 10.4. The van der Waals surface area contributed by atoms with Crippen LogP contribution in [0.3, 0.4) is 0 Å². The van der Waals surface area contributed by atoms with Crippen molar-refractivity contribution >= 4 is 11.6 Å². The fraction of sp³-hybridized carbons (Fsp3) is 0.818. The highest BCUT2D eigenvalue weighted by Crippen LogP contribution is 2.18. The lowest BCUT2D eigenvalue weighted by atomic mass is 9.88. The molecule has 3 heteroatoms. The van der Waals surface area contributed by atoms with Gasteiger partial charge in [0.1, 0.15) is 11.6 Å². The first kappa shape index (κ1) is 11.4. The van der Waals surface area contributed by atoms with E-state index in [0.29, 0.717) is 19.4 Å². The highest BCUT2D eigenvalue weighted by molar-refractivity contribution is 6.01. The average molecular weight is 198 g/mol. The van der Waals surface area contributed by atoms with E-state index in [1.54, 1.807) is 0 Å². The Morgan fingerprint density at radius 1 is 1.29 bits per heavy atom. The summed E-state index contributed by atoms with van der Waals surface area (Å²) in [4.78, 5) is 22.2. The van der Waals surface area contributed by atoms with E-state index in [9.17, 15) is 9.59 Å². The van der Waals surface area contributed by atoms with Crippen molar-refractivity contribution in [1.29, 1.82) is 0 Å². The van der Waals surface area contributed by atoms with Gasteiger partial charge in [0.15, 0.2) is 0 Å². The fourth-order valence-electron chi connectivity index (χ4n) is 1.69. The van der Waals surface area contributed by atoms with Crippen molar-refractivity contribution in [2.45, 2.75) is 39.0 Å². The second kappa shape index (κ2) is 5.91. The molecule has 1 aliphatic carbocycles. The third kappa shape index (κ3) is 4.01. The Bertz CT molecular complexity index is 195. The molecule has 0 aromatic carbocycles. The molecule has 1 fully saturated rings. The highest BCUT2D eigenvalue weighted by atomic mass is 16.5. The van der Waals surface area contributed by atoms with E-state index >= 15 is 0 Å². The summed E-state index contributed by atoms with van der Waals surface area (Å²) in [5.41, 5.74) is 0. The largest absolute Gasteiger partial charge is 0.381 e. The Morgan fingerprint density at radius 2 is 1.93 bits per heavy atom. The smallest absolute Gasteiger partial charge is 0.140 e. The van der Waals surface area contributed by atoms with Crippen molar-refractivity contribution in [3.8, 4) is 0 Å². The lowest BCUT2D eigenvalue weighted by Gasteiger charge is -2.19. The van der Waals surface area contributed by atoms with Crippen LogP contribution in [0.25, 0.3) is 0 Å². The van der Waals surface area contributed by atoms with Gasteiger partial charge in [-0.3, -0.25) is 9.59 Å². The molecular formula is C11H18O3. The van der Waals surface area contributed by atoms with Gasteiger partial charge in [-0.1, -0.05) is 13.3 Å². The minimum absolute atomic E-state index is 0.0744. The van der Waals surface area contributed by atoms with Crippen molar-refractivity contribution in [3.63, 3.8) is 0 Å². The molecule has 0 bridgehead atoms. The van der Waals surface area contributed by atoms with Gasteiger partial charge >= 0.3 is 0 Å². The third-order valence-electron chi connectivity index (χ3n) is 2.42. The molecule has 0 amide bonds. The molecule has 0 aromatic rings. The van der Waals surface area contributed by atoms with Crippen LogP contribution >= 0.6 is 0 Å². The van der Waals surface area contributed by atoms with Crippen LogP contribution in [-0.2, 0) is 14.3 Å². The molecule has 0 unspecified atom stereocenters. The van der Waals surface area contributed by atoms with Crippen LogP contribution in [0.5, 0.6) is 0 Å². The Kier molecular flexibility index (Phi) is 4.80. The minimum Gasteiger partial charge on any atom is -0.381 e. The number of unbranched alkanes of at least 4 members (excludes halogenated alkanes) is 1. The molecule has 1 rings (SSSR count). The number of carbonyl (C=O) groups excluding carboxylic acids is 2. The molecule has 0 heterocycles. The zero-order valence-corrected chi connectivity index (χ0v) is 8.75. The van der Waals surface area contributed by atoms with Crippen molar-refractivity contribution in [3.05, 3.63) is 0 Å². The van der Waals surface area contributed by atoms with Crippen LogP contribution in [0.2, 0.25) is 0 Å². The molecular weight excluding hydrogens is 180 g/mol. The second-order valence-electron chi connectivity index (χ2n) is 3.96. The second-order valence-corrected chi connectivity index (χ2v) is 3.96. The van der Waals surface area contributed by atoms with E-state index in [1.165, 1.54) is 0 Å². The van der Waals surface area contributed by atoms with Crippen LogP contribution in [0, 0.1) is 5.92 Å². The van der Waals surface area contributed by atoms with Crippen LogP contribution in [-0.4, -0.2) is 24.8 Å². The normalized spacial score (nSPS) is 18.9. The number of hydrogen-bond donors (Lipinski definition) is 0. The first-order chi connectivity index (χ1) is 6.72. The summed E-state index contributed by atoms with van der Waals surface area (Å²) in [6.45, 7) is 3.42. The van der Waals surface area contributed by atoms with E-state index < -0.39 is 0 Å². The highest BCUT2D eigenvalue weighted by Gasteiger charge is 2.25. The van der Waals surface area contributed by atoms with Gasteiger partial charge < -0.3 is 4.74 Å². The fourth-order valence-corrected chi connectivity index (χ4v) is 1.69. The molecule has 1 aliphatic rings. The zero-order valence-electron chi connectivity index (χ0n) is 8.75. The van der Waals surface area contributed by atoms with Crippen molar-refractivity contribution in [1.82, 2.24) is 0 Å². The van der Waals surface area contributed by atoms with Crippen LogP contribution in [0.4, 0.5) is 0 Å². The quantitative estimate of drug-likeness (QED) is 0.499. The number of carbonyl (C=O) groups is 2. The number of ether oxygens (including phenoxy) is 1. The molecule has 0 aliphatic heterocycles. The SMILES string of the molecule is CCCCOCC1CC(=O)CC(=O)C1. The molecule has 0 radical (unpaired) electrons. The van der Waals surface area contributed by atoms with Gasteiger partial charge in [0.2, 0.25) is 0 Å². The molecule has 3 nitrogen and oxygen atoms in total. The molecule has 0 aromatic heterocycles. The molecule has 0 saturated heterocycles. The maximum absolute atomic E-state index is 11.1. The number of Topliss-reactive ketones (excluding diaryl/α,β-unsaturated/α-hetero) is 2. The van der Waals surface area contributed by atoms with Crippen molar-refractivity contribution in [2.75, 3.05) is 13.2 Å². The minimum atomic E-state index is 0.0744. The predicted octanol–water partition coefficient (Wildman–Crippen LogP) is 1.74. The Labute approximate surface area is 84.8 Å². The number of rotatable bonds is 5. The number of hydrogen-bond acceptors (Lipinski definition) is 3. The monoisotopic (exact) mass is 198 g/mol. The summed E-state index contributed by atoms with van der Waals surface area (Å²) in [7, 11) is 0. The molecule has 80 valence electrons. The van der Waals surface area contributed by atoms with E-state index in [0.717, 1.165) is 19.4 Å². The third-order valence-corrected chi connectivity index (χ3v) is 2.42. The summed E-state index contributed by atoms with van der Waals surface area (Å²) < 4.78 is 5.41. The summed E-state index contributed by atoms with van der Waals surface area (Å²) in [6, 6.07) is 0. The predicted molar refractivity (Wildman–Crippen MR) is 53.1 cm³/mol. The summed E-state index contributed by atoms with van der Waals surface area (Å²) in [5, 5.41) is 0. The molecule has 0 N–H and O–H groups in total. The number of ketones is 2. The Hall–Kier alpha value is -0.700. The van der Waals surface area contributed by atoms with Crippen molar-refractivity contribution < 1.29 is 14.3 Å². The lowest BCUT2D eigenvalue weighted by Crippen LogP contribution is -2.25. The molecule has 0 atom stereocenters. The van der Waals surface area contributed by atoms with Gasteiger partial charge in [-0.25, -0.2) is 0 Å². The maximum Gasteiger partial charge on any atom is 0.140 e. The summed E-state index contributed by atoms with van der Waals surface area (Å²) >= 11 is 0. The van der Waals surface area contributed by atoms with Gasteiger partial charge in [0.25, 0.3) is 0 Å². The van der Waals surface area contributed by atoms with Crippen LogP contribution in [0.15, 0.2) is 0 Å². The molecule has 14 heavy (non-hydrogen) atoms. The Balaban J connectivity index is 2.17. The first-order valence-corrected chi connectivity index (χ1v) is 5.33. The van der Waals surface area contributed by atoms with Crippen LogP contribution < -0.4 is 0 Å². The van der Waals surface area contributed by atoms with Gasteiger partial charge in [0, 0.05) is 19.4 Å². The summed E-state index contributed by atoms with van der Waals surface area (Å²) in [6.07, 6.45) is 3.36. The van der Waals surface area contributed by atoms with E-state index in [-0.39, 0.29) is 23.9 Å². The van der Waals surface area contributed by atoms with Crippen molar-refractivity contribution in [2.24, 2.45) is 5.92 Å². The Morgan fingerprint density at radius 3 is 2.50 bits per heavy atom. The molecule has 0 spiro atoms. The van der Waals surface area contributed by atoms with Gasteiger partial charge in [-0.15, -0.1) is 0 Å². The standard InChI is InChI=1S/C11H18O3/c1-2-3-4-14-8-9-5-10(12)7-11(13)6-9/h9H,2-8H2,1H3.